The van der Waals surface area contributed by atoms with Gasteiger partial charge in [-0.15, -0.1) is 0 Å². The van der Waals surface area contributed by atoms with Crippen LogP contribution in [0.1, 0.15) is 83.1 Å². The van der Waals surface area contributed by atoms with Crippen LogP contribution >= 0.6 is 0 Å². The van der Waals surface area contributed by atoms with E-state index >= 15 is 0 Å². The van der Waals surface area contributed by atoms with E-state index in [1.165, 1.54) is 37.0 Å². The second-order valence-corrected chi connectivity index (χ2v) is 12.2. The normalized spacial score (nSPS) is 46.0. The van der Waals surface area contributed by atoms with Crippen molar-refractivity contribution in [3.05, 3.63) is 35.9 Å². The highest BCUT2D eigenvalue weighted by Gasteiger charge is 2.61. The van der Waals surface area contributed by atoms with E-state index < -0.39 is 0 Å². The van der Waals surface area contributed by atoms with E-state index in [1.807, 2.05) is 0 Å². The molecule has 6 rings (SSSR count). The Hall–Kier alpha value is -1.68. The molecular formula is C29H40N2O2. The Morgan fingerprint density at radius 2 is 1.79 bits per heavy atom. The highest BCUT2D eigenvalue weighted by molar-refractivity contribution is 5.92. The molecule has 1 aliphatic heterocycles. The molecule has 5 unspecified atom stereocenters. The average Bonchev–Trinajstić information content (AvgIpc) is 3.45. The first kappa shape index (κ1) is 21.8. The van der Waals surface area contributed by atoms with Crippen molar-refractivity contribution in [1.82, 2.24) is 5.32 Å². The zero-order valence-corrected chi connectivity index (χ0v) is 20.4. The fourth-order valence-corrected chi connectivity index (χ4v) is 9.01. The average molecular weight is 449 g/mol. The molecular weight excluding hydrogens is 408 g/mol. The molecule has 1 N–H and O–H groups in total. The van der Waals surface area contributed by atoms with Gasteiger partial charge in [-0.1, -0.05) is 49.3 Å². The van der Waals surface area contributed by atoms with Crippen LogP contribution in [-0.4, -0.2) is 30.7 Å². The fourth-order valence-electron chi connectivity index (χ4n) is 9.01. The number of fused-ring (bicyclic) bond motifs is 5. The summed E-state index contributed by atoms with van der Waals surface area (Å²) < 4.78 is 0. The molecule has 5 aliphatic rings. The molecule has 5 fully saturated rings. The van der Waals surface area contributed by atoms with Crippen LogP contribution in [-0.2, 0) is 9.63 Å². The Morgan fingerprint density at radius 3 is 2.58 bits per heavy atom. The molecule has 1 aromatic carbocycles. The minimum Gasteiger partial charge on any atom is -0.391 e. The Morgan fingerprint density at radius 1 is 0.939 bits per heavy atom. The molecule has 0 spiro atoms. The molecule has 8 atom stereocenters. The van der Waals surface area contributed by atoms with Gasteiger partial charge in [0.25, 0.3) is 0 Å². The van der Waals surface area contributed by atoms with Gasteiger partial charge in [-0.05, 0) is 86.1 Å². The minimum absolute atomic E-state index is 0.0341. The van der Waals surface area contributed by atoms with Crippen molar-refractivity contribution in [3.8, 4) is 0 Å². The molecule has 0 amide bonds. The number of nitrogens with one attached hydrogen (secondary N) is 1. The van der Waals surface area contributed by atoms with Crippen LogP contribution in [0.25, 0.3) is 0 Å². The molecule has 1 heterocycles. The number of oxime groups is 1. The quantitative estimate of drug-likeness (QED) is 0.601. The van der Waals surface area contributed by atoms with Crippen LogP contribution in [0.4, 0.5) is 0 Å². The molecule has 1 aromatic rings. The zero-order chi connectivity index (χ0) is 22.6. The molecule has 1 saturated heterocycles. The summed E-state index contributed by atoms with van der Waals surface area (Å²) in [7, 11) is 0. The largest absolute Gasteiger partial charge is 0.391 e. The van der Waals surface area contributed by atoms with Crippen LogP contribution in [0.3, 0.4) is 0 Å². The number of benzene rings is 1. The third kappa shape index (κ3) is 3.42. The zero-order valence-electron chi connectivity index (χ0n) is 20.4. The SMILES string of the molecule is C[C@]12CC/C(=N/O[C@H]3CCNC3)C(c3ccccc3)C1CCC1C2CC[C@]2(C)C(=O)CCC12. The van der Waals surface area contributed by atoms with E-state index in [-0.39, 0.29) is 11.5 Å². The third-order valence-electron chi connectivity index (χ3n) is 10.8. The number of Topliss-reactive ketones (excluding diaryl/α,β-unsaturated/α-hetero) is 1. The van der Waals surface area contributed by atoms with Gasteiger partial charge in [-0.2, -0.15) is 0 Å². The summed E-state index contributed by atoms with van der Waals surface area (Å²) in [5.41, 5.74) is 2.97. The summed E-state index contributed by atoms with van der Waals surface area (Å²) in [5.74, 6) is 3.61. The van der Waals surface area contributed by atoms with E-state index in [0.717, 1.165) is 57.0 Å². The van der Waals surface area contributed by atoms with Gasteiger partial charge in [0.05, 0.1) is 5.71 Å². The molecule has 178 valence electrons. The van der Waals surface area contributed by atoms with Gasteiger partial charge in [-0.3, -0.25) is 4.79 Å². The maximum atomic E-state index is 12.8. The smallest absolute Gasteiger partial charge is 0.141 e. The second kappa shape index (κ2) is 8.22. The summed E-state index contributed by atoms with van der Waals surface area (Å²) in [4.78, 5) is 18.9. The maximum absolute atomic E-state index is 12.8. The van der Waals surface area contributed by atoms with E-state index in [9.17, 15) is 4.79 Å². The van der Waals surface area contributed by atoms with Gasteiger partial charge in [0, 0.05) is 30.7 Å². The van der Waals surface area contributed by atoms with Gasteiger partial charge >= 0.3 is 0 Å². The number of carbonyl (C=O) groups is 1. The van der Waals surface area contributed by atoms with Crippen molar-refractivity contribution in [3.63, 3.8) is 0 Å². The van der Waals surface area contributed by atoms with Crippen LogP contribution in [0.5, 0.6) is 0 Å². The van der Waals surface area contributed by atoms with Crippen molar-refractivity contribution in [1.29, 1.82) is 0 Å². The van der Waals surface area contributed by atoms with Gasteiger partial charge in [-0.25, -0.2) is 0 Å². The monoisotopic (exact) mass is 448 g/mol. The lowest BCUT2D eigenvalue weighted by Gasteiger charge is -2.61. The molecule has 4 aliphatic carbocycles. The highest BCUT2D eigenvalue weighted by Crippen LogP contribution is 2.67. The summed E-state index contributed by atoms with van der Waals surface area (Å²) in [6, 6.07) is 11.1. The van der Waals surface area contributed by atoms with Crippen molar-refractivity contribution in [2.24, 2.45) is 39.7 Å². The van der Waals surface area contributed by atoms with Crippen LogP contribution in [0, 0.1) is 34.5 Å². The maximum Gasteiger partial charge on any atom is 0.141 e. The van der Waals surface area contributed by atoms with E-state index in [1.54, 1.807) is 0 Å². The van der Waals surface area contributed by atoms with E-state index in [0.29, 0.717) is 29.0 Å². The summed E-state index contributed by atoms with van der Waals surface area (Å²) in [6.07, 6.45) is 10.3. The second-order valence-electron chi connectivity index (χ2n) is 12.2. The molecule has 4 nitrogen and oxygen atoms in total. The molecule has 33 heavy (non-hydrogen) atoms. The molecule has 0 aromatic heterocycles. The first-order valence-corrected chi connectivity index (χ1v) is 13.5. The standard InChI is InChI=1S/C29H40N2O2/c1-28-16-13-25(31-33-20-14-17-30-18-20)27(19-6-4-3-5-7-19)24(28)9-8-21-22-10-11-26(32)29(22,2)15-12-23(21)28/h3-7,20-24,27,30H,8-18H2,1-2H3/b31-25-/t20-,21?,22?,23?,24?,27?,28+,29-/m0/s1. The summed E-state index contributed by atoms with van der Waals surface area (Å²) in [5, 5.41) is 8.25. The van der Waals surface area contributed by atoms with E-state index in [2.05, 4.69) is 49.5 Å². The number of hydrogen-bond acceptors (Lipinski definition) is 4. The van der Waals surface area contributed by atoms with Crippen LogP contribution in [0.2, 0.25) is 0 Å². The minimum atomic E-state index is -0.0341. The third-order valence-corrected chi connectivity index (χ3v) is 10.8. The van der Waals surface area contributed by atoms with Gasteiger partial charge in [0.2, 0.25) is 0 Å². The van der Waals surface area contributed by atoms with Crippen LogP contribution in [0.15, 0.2) is 35.5 Å². The Bertz CT molecular complexity index is 923. The summed E-state index contributed by atoms with van der Waals surface area (Å²) >= 11 is 0. The number of ketones is 1. The fraction of sp³-hybridized carbons (Fsp3) is 0.724. The summed E-state index contributed by atoms with van der Waals surface area (Å²) in [6.45, 7) is 6.84. The first-order chi connectivity index (χ1) is 16.0. The number of carbonyl (C=O) groups excluding carboxylic acids is 1. The van der Waals surface area contributed by atoms with E-state index in [4.69, 9.17) is 9.99 Å². The predicted octanol–water partition coefficient (Wildman–Crippen LogP) is 5.73. The Labute approximate surface area is 198 Å². The lowest BCUT2D eigenvalue weighted by atomic mass is 9.43. The Balaban J connectivity index is 1.32. The number of rotatable bonds is 3. The van der Waals surface area contributed by atoms with Crippen molar-refractivity contribution >= 4 is 11.5 Å². The molecule has 0 bridgehead atoms. The predicted molar refractivity (Wildman–Crippen MR) is 131 cm³/mol. The topological polar surface area (TPSA) is 50.7 Å². The molecule has 4 heteroatoms. The van der Waals surface area contributed by atoms with Crippen molar-refractivity contribution in [2.45, 2.75) is 83.7 Å². The lowest BCUT2D eigenvalue weighted by molar-refractivity contribution is -0.137. The van der Waals surface area contributed by atoms with Gasteiger partial charge in [0.15, 0.2) is 0 Å². The van der Waals surface area contributed by atoms with Crippen LogP contribution < -0.4 is 5.32 Å². The van der Waals surface area contributed by atoms with Crippen molar-refractivity contribution < 1.29 is 9.63 Å². The molecule has 4 saturated carbocycles. The Kier molecular flexibility index (Phi) is 5.44. The number of nitrogens with zero attached hydrogens (tertiary/aromatic N) is 1. The highest BCUT2D eigenvalue weighted by atomic mass is 16.6. The van der Waals surface area contributed by atoms with Crippen molar-refractivity contribution in [2.75, 3.05) is 13.1 Å². The molecule has 0 radical (unpaired) electrons. The lowest BCUT2D eigenvalue weighted by Crippen LogP contribution is -2.55. The first-order valence-electron chi connectivity index (χ1n) is 13.5. The van der Waals surface area contributed by atoms with Gasteiger partial charge in [0.1, 0.15) is 11.9 Å². The van der Waals surface area contributed by atoms with Gasteiger partial charge < -0.3 is 10.2 Å². The number of hydrogen-bond donors (Lipinski definition) is 1.